The summed E-state index contributed by atoms with van der Waals surface area (Å²) >= 11 is 0. The van der Waals surface area contributed by atoms with Gasteiger partial charge in [-0.15, -0.1) is 0 Å². The van der Waals surface area contributed by atoms with Crippen LogP contribution in [0.15, 0.2) is 42.5 Å². The Balaban J connectivity index is 2.09. The maximum absolute atomic E-state index is 12.2. The monoisotopic (exact) mass is 334 g/mol. The fraction of sp³-hybridized carbons (Fsp3) is 0.200. The molecule has 1 aliphatic heterocycles. The van der Waals surface area contributed by atoms with Gasteiger partial charge in [-0.25, -0.2) is 0 Å². The molecular formula is C20H18N2O3. The number of aryl methyl sites for hydroxylation is 1. The number of hydrogen-bond donors (Lipinski definition) is 1. The van der Waals surface area contributed by atoms with Crippen LogP contribution in [-0.4, -0.2) is 23.6 Å². The Morgan fingerprint density at radius 3 is 2.76 bits per heavy atom. The Kier molecular flexibility index (Phi) is 3.57. The van der Waals surface area contributed by atoms with Crippen molar-refractivity contribution in [2.75, 3.05) is 12.4 Å². The van der Waals surface area contributed by atoms with Crippen molar-refractivity contribution in [2.24, 2.45) is 0 Å². The predicted octanol–water partition coefficient (Wildman–Crippen LogP) is 3.28. The number of amides is 1. The summed E-state index contributed by atoms with van der Waals surface area (Å²) in [6.45, 7) is 2.14. The van der Waals surface area contributed by atoms with Crippen LogP contribution in [0, 0.1) is 6.92 Å². The number of rotatable bonds is 3. The number of benzene rings is 2. The summed E-state index contributed by atoms with van der Waals surface area (Å²) in [5.41, 5.74) is 5.73. The van der Waals surface area contributed by atoms with Crippen LogP contribution in [0.1, 0.15) is 11.1 Å². The van der Waals surface area contributed by atoms with Gasteiger partial charge in [-0.2, -0.15) is 0 Å². The molecule has 0 radical (unpaired) electrons. The van der Waals surface area contributed by atoms with Gasteiger partial charge in [-0.1, -0.05) is 30.3 Å². The smallest absolute Gasteiger partial charge is 0.325 e. The van der Waals surface area contributed by atoms with Crippen LogP contribution in [0.4, 0.5) is 5.69 Å². The van der Waals surface area contributed by atoms with Gasteiger partial charge in [0.2, 0.25) is 5.91 Å². The Bertz CT molecular complexity index is 1020. The van der Waals surface area contributed by atoms with Crippen LogP contribution in [0.3, 0.4) is 0 Å². The Hall–Kier alpha value is -3.08. The molecule has 2 heterocycles. The van der Waals surface area contributed by atoms with E-state index < -0.39 is 0 Å². The van der Waals surface area contributed by atoms with Crippen molar-refractivity contribution in [3.63, 3.8) is 0 Å². The highest BCUT2D eigenvalue weighted by Gasteiger charge is 2.27. The minimum Gasteiger partial charge on any atom is -0.468 e. The zero-order valence-corrected chi connectivity index (χ0v) is 14.1. The van der Waals surface area contributed by atoms with E-state index in [1.165, 1.54) is 7.11 Å². The summed E-state index contributed by atoms with van der Waals surface area (Å²) in [6, 6.07) is 13.8. The third kappa shape index (κ3) is 2.39. The second-order valence-electron chi connectivity index (χ2n) is 6.23. The van der Waals surface area contributed by atoms with Crippen molar-refractivity contribution in [3.05, 3.63) is 53.6 Å². The third-order valence-corrected chi connectivity index (χ3v) is 4.72. The van der Waals surface area contributed by atoms with Crippen molar-refractivity contribution in [1.29, 1.82) is 0 Å². The number of esters is 1. The number of aromatic nitrogens is 1. The van der Waals surface area contributed by atoms with Crippen molar-refractivity contribution in [2.45, 2.75) is 19.9 Å². The highest BCUT2D eigenvalue weighted by Crippen LogP contribution is 2.41. The average molecular weight is 334 g/mol. The van der Waals surface area contributed by atoms with Crippen LogP contribution in [0.5, 0.6) is 0 Å². The number of carbonyl (C=O) groups is 2. The zero-order valence-electron chi connectivity index (χ0n) is 14.1. The van der Waals surface area contributed by atoms with Gasteiger partial charge in [-0.3, -0.25) is 9.59 Å². The minimum absolute atomic E-state index is 0.0364. The Morgan fingerprint density at radius 2 is 2.00 bits per heavy atom. The quantitative estimate of drug-likeness (QED) is 0.748. The second kappa shape index (κ2) is 5.77. The topological polar surface area (TPSA) is 60.3 Å². The fourth-order valence-corrected chi connectivity index (χ4v) is 3.62. The molecule has 5 heteroatoms. The molecule has 0 unspecified atom stereocenters. The van der Waals surface area contributed by atoms with Gasteiger partial charge in [0.1, 0.15) is 6.54 Å². The molecule has 5 nitrogen and oxygen atoms in total. The number of anilines is 1. The molecule has 1 aliphatic rings. The van der Waals surface area contributed by atoms with Gasteiger partial charge in [0.25, 0.3) is 0 Å². The lowest BCUT2D eigenvalue weighted by atomic mass is 9.96. The molecule has 3 aromatic rings. The van der Waals surface area contributed by atoms with Crippen molar-refractivity contribution >= 4 is 28.5 Å². The number of carbonyl (C=O) groups excluding carboxylic acids is 2. The highest BCUT2D eigenvalue weighted by molar-refractivity contribution is 6.12. The maximum Gasteiger partial charge on any atom is 0.325 e. The summed E-state index contributed by atoms with van der Waals surface area (Å²) < 4.78 is 6.85. The van der Waals surface area contributed by atoms with Crippen LogP contribution < -0.4 is 5.32 Å². The number of methoxy groups -OCH3 is 1. The third-order valence-electron chi connectivity index (χ3n) is 4.72. The normalized spacial score (nSPS) is 13.0. The van der Waals surface area contributed by atoms with E-state index in [0.29, 0.717) is 6.42 Å². The number of ether oxygens (including phenoxy) is 1. The average Bonchev–Trinajstić information content (AvgIpc) is 2.90. The van der Waals surface area contributed by atoms with Gasteiger partial charge in [0, 0.05) is 10.9 Å². The molecule has 0 saturated carbocycles. The molecule has 126 valence electrons. The molecule has 0 fully saturated rings. The van der Waals surface area contributed by atoms with Crippen LogP contribution in [-0.2, 0) is 27.3 Å². The van der Waals surface area contributed by atoms with Gasteiger partial charge in [0.15, 0.2) is 0 Å². The van der Waals surface area contributed by atoms with E-state index in [9.17, 15) is 9.59 Å². The van der Waals surface area contributed by atoms with Crippen LogP contribution >= 0.6 is 0 Å². The summed E-state index contributed by atoms with van der Waals surface area (Å²) in [4.78, 5) is 24.2. The maximum atomic E-state index is 12.2. The number of nitrogens with zero attached hydrogens (tertiary/aromatic N) is 1. The van der Waals surface area contributed by atoms with Gasteiger partial charge >= 0.3 is 5.97 Å². The highest BCUT2D eigenvalue weighted by atomic mass is 16.5. The molecule has 1 aromatic heterocycles. The first-order valence-corrected chi connectivity index (χ1v) is 8.17. The molecule has 0 aliphatic carbocycles. The minimum atomic E-state index is -0.317. The van der Waals surface area contributed by atoms with Crippen molar-refractivity contribution in [3.8, 4) is 11.3 Å². The van der Waals surface area contributed by atoms with E-state index in [4.69, 9.17) is 4.74 Å². The van der Waals surface area contributed by atoms with Crippen molar-refractivity contribution in [1.82, 2.24) is 4.57 Å². The number of hydrogen-bond acceptors (Lipinski definition) is 3. The molecule has 25 heavy (non-hydrogen) atoms. The van der Waals surface area contributed by atoms with Gasteiger partial charge in [-0.05, 0) is 30.2 Å². The van der Waals surface area contributed by atoms with Crippen LogP contribution in [0.2, 0.25) is 0 Å². The van der Waals surface area contributed by atoms with E-state index in [1.54, 1.807) is 0 Å². The number of nitrogens with one attached hydrogen (secondary N) is 1. The molecule has 0 bridgehead atoms. The first-order valence-electron chi connectivity index (χ1n) is 8.17. The largest absolute Gasteiger partial charge is 0.468 e. The summed E-state index contributed by atoms with van der Waals surface area (Å²) in [5.74, 6) is -0.354. The second-order valence-corrected chi connectivity index (χ2v) is 6.23. The molecule has 0 atom stereocenters. The molecular weight excluding hydrogens is 316 g/mol. The molecule has 4 rings (SSSR count). The summed E-state index contributed by atoms with van der Waals surface area (Å²) in [7, 11) is 1.39. The van der Waals surface area contributed by atoms with Gasteiger partial charge < -0.3 is 14.6 Å². The lowest BCUT2D eigenvalue weighted by Crippen LogP contribution is -2.19. The van der Waals surface area contributed by atoms with Gasteiger partial charge in [0.05, 0.1) is 30.4 Å². The Morgan fingerprint density at radius 1 is 1.20 bits per heavy atom. The van der Waals surface area contributed by atoms with Crippen molar-refractivity contribution < 1.29 is 14.3 Å². The Labute approximate surface area is 145 Å². The van der Waals surface area contributed by atoms with E-state index in [1.807, 2.05) is 54.0 Å². The molecule has 0 spiro atoms. The SMILES string of the molecule is COC(=O)Cn1c(-c2ccccc2C)c2c3c(cccc31)NC(=O)C2. The van der Waals surface area contributed by atoms with E-state index in [2.05, 4.69) is 5.32 Å². The summed E-state index contributed by atoms with van der Waals surface area (Å²) in [5, 5.41) is 3.93. The molecule has 1 N–H and O–H groups in total. The molecule has 1 amide bonds. The van der Waals surface area contributed by atoms with E-state index >= 15 is 0 Å². The molecule has 2 aromatic carbocycles. The fourth-order valence-electron chi connectivity index (χ4n) is 3.62. The van der Waals surface area contributed by atoms with E-state index in [-0.39, 0.29) is 18.4 Å². The molecule has 0 saturated heterocycles. The zero-order chi connectivity index (χ0) is 17.6. The van der Waals surface area contributed by atoms with E-state index in [0.717, 1.165) is 39.0 Å². The van der Waals surface area contributed by atoms with Crippen LogP contribution in [0.25, 0.3) is 22.2 Å². The lowest BCUT2D eigenvalue weighted by molar-refractivity contribution is -0.141. The predicted molar refractivity (Wildman–Crippen MR) is 96.5 cm³/mol. The summed E-state index contributed by atoms with van der Waals surface area (Å²) in [6.07, 6.45) is 0.297. The lowest BCUT2D eigenvalue weighted by Gasteiger charge is -2.15. The standard InChI is InChI=1S/C20H18N2O3/c1-12-6-3-4-7-13(12)20-14-10-17(23)21-15-8-5-9-16(19(14)15)22(20)11-18(24)25-2/h3-9H,10-11H2,1-2H3,(H,21,23). The first kappa shape index (κ1) is 15.4. The first-order chi connectivity index (χ1) is 12.1.